The van der Waals surface area contributed by atoms with Crippen LogP contribution in [0.3, 0.4) is 0 Å². The van der Waals surface area contributed by atoms with Crippen molar-refractivity contribution in [1.82, 2.24) is 15.2 Å². The number of hydrogen-bond acceptors (Lipinski definition) is 7. The average molecular weight is 307 g/mol. The molecule has 0 atom stereocenters. The summed E-state index contributed by atoms with van der Waals surface area (Å²) in [5.41, 5.74) is 0. The summed E-state index contributed by atoms with van der Waals surface area (Å²) in [6, 6.07) is 0. The summed E-state index contributed by atoms with van der Waals surface area (Å²) in [6.45, 7) is 6.24. The number of hydrogen-bond donors (Lipinski definition) is 1. The summed E-state index contributed by atoms with van der Waals surface area (Å²) in [5.74, 6) is 1.14. The zero-order valence-corrected chi connectivity index (χ0v) is 13.3. The first kappa shape index (κ1) is 15.4. The second-order valence-electron chi connectivity index (χ2n) is 5.87. The molecule has 2 aliphatic heterocycles. The molecule has 3 heterocycles. The molecule has 22 heavy (non-hydrogen) atoms. The molecular weight excluding hydrogens is 282 g/mol. The molecule has 0 aliphatic carbocycles. The minimum atomic E-state index is -0.349. The van der Waals surface area contributed by atoms with Crippen LogP contribution in [0.2, 0.25) is 0 Å². The van der Waals surface area contributed by atoms with Gasteiger partial charge < -0.3 is 19.7 Å². The highest BCUT2D eigenvalue weighted by Gasteiger charge is 2.40. The highest BCUT2D eigenvalue weighted by Crippen LogP contribution is 2.32. The number of rotatable bonds is 6. The maximum Gasteiger partial charge on any atom is 0.244 e. The van der Waals surface area contributed by atoms with Gasteiger partial charge in [-0.25, -0.2) is 0 Å². The van der Waals surface area contributed by atoms with Crippen LogP contribution >= 0.6 is 0 Å². The molecule has 1 aromatic rings. The number of anilines is 2. The van der Waals surface area contributed by atoms with E-state index in [1.165, 1.54) is 12.8 Å². The van der Waals surface area contributed by atoms with Crippen LogP contribution in [0.5, 0.6) is 0 Å². The van der Waals surface area contributed by atoms with Gasteiger partial charge in [0.25, 0.3) is 0 Å². The molecule has 0 saturated carbocycles. The fourth-order valence-corrected chi connectivity index (χ4v) is 2.96. The van der Waals surface area contributed by atoms with Crippen molar-refractivity contribution in [3.05, 3.63) is 6.20 Å². The Morgan fingerprint density at radius 2 is 2.00 bits per heavy atom. The molecule has 1 spiro atoms. The van der Waals surface area contributed by atoms with Gasteiger partial charge in [-0.2, -0.15) is 10.1 Å². The van der Waals surface area contributed by atoms with E-state index in [0.29, 0.717) is 19.2 Å². The largest absolute Gasteiger partial charge is 0.355 e. The molecule has 7 nitrogen and oxygen atoms in total. The molecule has 0 bridgehead atoms. The Labute approximate surface area is 131 Å². The van der Waals surface area contributed by atoms with Crippen LogP contribution in [-0.2, 0) is 9.47 Å². The highest BCUT2D eigenvalue weighted by molar-refractivity contribution is 5.40. The Hall–Kier alpha value is -1.47. The van der Waals surface area contributed by atoms with Crippen molar-refractivity contribution >= 4 is 11.8 Å². The van der Waals surface area contributed by atoms with Gasteiger partial charge >= 0.3 is 0 Å². The van der Waals surface area contributed by atoms with E-state index < -0.39 is 0 Å². The molecule has 0 radical (unpaired) electrons. The summed E-state index contributed by atoms with van der Waals surface area (Å²) < 4.78 is 11.5. The first-order valence-corrected chi connectivity index (χ1v) is 8.28. The Bertz CT molecular complexity index is 469. The summed E-state index contributed by atoms with van der Waals surface area (Å²) in [7, 11) is 0. The van der Waals surface area contributed by atoms with E-state index in [-0.39, 0.29) is 5.79 Å². The summed E-state index contributed by atoms with van der Waals surface area (Å²) in [4.78, 5) is 6.79. The number of nitrogens with zero attached hydrogens (tertiary/aromatic N) is 4. The molecule has 2 fully saturated rings. The van der Waals surface area contributed by atoms with Crippen molar-refractivity contribution in [1.29, 1.82) is 0 Å². The summed E-state index contributed by atoms with van der Waals surface area (Å²) >= 11 is 0. The maximum atomic E-state index is 5.76. The predicted molar refractivity (Wildman–Crippen MR) is 83.9 cm³/mol. The van der Waals surface area contributed by atoms with Gasteiger partial charge in [0.2, 0.25) is 5.95 Å². The summed E-state index contributed by atoms with van der Waals surface area (Å²) in [5, 5.41) is 11.4. The molecule has 122 valence electrons. The second kappa shape index (κ2) is 7.19. The van der Waals surface area contributed by atoms with Crippen molar-refractivity contribution in [3.63, 3.8) is 0 Å². The molecule has 0 amide bonds. The molecule has 7 heteroatoms. The lowest BCUT2D eigenvalue weighted by Gasteiger charge is -2.37. The Morgan fingerprint density at radius 1 is 1.23 bits per heavy atom. The minimum Gasteiger partial charge on any atom is -0.355 e. The van der Waals surface area contributed by atoms with Crippen molar-refractivity contribution in [3.8, 4) is 0 Å². The van der Waals surface area contributed by atoms with E-state index in [2.05, 4.69) is 32.3 Å². The lowest BCUT2D eigenvalue weighted by atomic mass is 10.0. The lowest BCUT2D eigenvalue weighted by Crippen LogP contribution is -2.45. The van der Waals surface area contributed by atoms with E-state index in [4.69, 9.17) is 9.47 Å². The molecule has 1 N–H and O–H groups in total. The summed E-state index contributed by atoms with van der Waals surface area (Å²) in [6.07, 6.45) is 7.03. The van der Waals surface area contributed by atoms with Gasteiger partial charge in [0.1, 0.15) is 0 Å². The number of nitrogens with one attached hydrogen (secondary N) is 1. The molecule has 3 rings (SSSR count). The first-order valence-electron chi connectivity index (χ1n) is 8.28. The first-order chi connectivity index (χ1) is 10.8. The van der Waals surface area contributed by atoms with Crippen molar-refractivity contribution in [2.75, 3.05) is 43.1 Å². The Morgan fingerprint density at radius 3 is 2.73 bits per heavy atom. The van der Waals surface area contributed by atoms with Crippen LogP contribution in [0.15, 0.2) is 6.20 Å². The van der Waals surface area contributed by atoms with Crippen LogP contribution in [0.1, 0.15) is 39.0 Å². The third kappa shape index (κ3) is 3.64. The zero-order chi connectivity index (χ0) is 15.3. The van der Waals surface area contributed by atoms with Crippen molar-refractivity contribution < 1.29 is 9.47 Å². The van der Waals surface area contributed by atoms with E-state index in [0.717, 1.165) is 44.7 Å². The predicted octanol–water partition coefficient (Wildman–Crippen LogP) is 1.82. The Balaban J connectivity index is 1.54. The van der Waals surface area contributed by atoms with E-state index in [1.807, 2.05) is 0 Å². The van der Waals surface area contributed by atoms with Gasteiger partial charge in [-0.15, -0.1) is 5.10 Å². The number of piperidine rings is 1. The van der Waals surface area contributed by atoms with Crippen LogP contribution in [0.4, 0.5) is 11.8 Å². The van der Waals surface area contributed by atoms with Crippen LogP contribution in [0.25, 0.3) is 0 Å². The maximum absolute atomic E-state index is 5.76. The van der Waals surface area contributed by atoms with Gasteiger partial charge in [0, 0.05) is 32.5 Å². The van der Waals surface area contributed by atoms with E-state index in [9.17, 15) is 0 Å². The van der Waals surface area contributed by atoms with Gasteiger partial charge in [-0.3, -0.25) is 0 Å². The molecule has 2 aliphatic rings. The lowest BCUT2D eigenvalue weighted by molar-refractivity contribution is -0.169. The second-order valence-corrected chi connectivity index (χ2v) is 5.87. The standard InChI is InChI=1S/C15H25N5O2/c1-2-3-4-7-16-14-18-13(12-17-19-14)20-8-5-15(6-9-20)21-10-11-22-15/h12H,2-11H2,1H3,(H,16,18,19). The number of aromatic nitrogens is 3. The molecule has 1 aromatic heterocycles. The number of unbranched alkanes of at least 4 members (excludes halogenated alkanes) is 2. The quantitative estimate of drug-likeness (QED) is 0.804. The van der Waals surface area contributed by atoms with Crippen LogP contribution < -0.4 is 10.2 Å². The molecule has 0 unspecified atom stereocenters. The van der Waals surface area contributed by atoms with Crippen molar-refractivity contribution in [2.24, 2.45) is 0 Å². The smallest absolute Gasteiger partial charge is 0.244 e. The third-order valence-corrected chi connectivity index (χ3v) is 4.27. The van der Waals surface area contributed by atoms with Gasteiger partial charge in [0.15, 0.2) is 11.6 Å². The fourth-order valence-electron chi connectivity index (χ4n) is 2.96. The van der Waals surface area contributed by atoms with Gasteiger partial charge in [-0.05, 0) is 6.42 Å². The van der Waals surface area contributed by atoms with E-state index >= 15 is 0 Å². The van der Waals surface area contributed by atoms with Gasteiger partial charge in [0.05, 0.1) is 19.4 Å². The van der Waals surface area contributed by atoms with E-state index in [1.54, 1.807) is 6.20 Å². The third-order valence-electron chi connectivity index (χ3n) is 4.27. The fraction of sp³-hybridized carbons (Fsp3) is 0.800. The number of ether oxygens (including phenoxy) is 2. The topological polar surface area (TPSA) is 72.4 Å². The SMILES string of the molecule is CCCCCNc1nncc(N2CCC3(CC2)OCCO3)n1. The molecule has 2 saturated heterocycles. The average Bonchev–Trinajstić information content (AvgIpc) is 3.01. The van der Waals surface area contributed by atoms with Crippen LogP contribution in [0, 0.1) is 0 Å². The Kier molecular flexibility index (Phi) is 5.04. The minimum absolute atomic E-state index is 0.349. The van der Waals surface area contributed by atoms with Crippen LogP contribution in [-0.4, -0.2) is 53.8 Å². The molecular formula is C15H25N5O2. The zero-order valence-electron chi connectivity index (χ0n) is 13.3. The highest BCUT2D eigenvalue weighted by atomic mass is 16.7. The normalized spacial score (nSPS) is 20.5. The van der Waals surface area contributed by atoms with Gasteiger partial charge in [-0.1, -0.05) is 19.8 Å². The monoisotopic (exact) mass is 307 g/mol. The molecule has 0 aromatic carbocycles. The van der Waals surface area contributed by atoms with Crippen molar-refractivity contribution in [2.45, 2.75) is 44.8 Å².